The number of rotatable bonds is 3. The summed E-state index contributed by atoms with van der Waals surface area (Å²) in [6, 6.07) is 0.843. The minimum Gasteiger partial charge on any atom is -0.332 e. The molecule has 0 saturated carbocycles. The van der Waals surface area contributed by atoms with Gasteiger partial charge >= 0.3 is 12.2 Å². The average molecular weight is 300 g/mol. The molecule has 0 radical (unpaired) electrons. The van der Waals surface area contributed by atoms with Crippen molar-refractivity contribution in [2.45, 2.75) is 12.7 Å². The predicted molar refractivity (Wildman–Crippen MR) is 66.1 cm³/mol. The second kappa shape index (κ2) is 5.77. The maximum atomic E-state index is 12.7. The lowest BCUT2D eigenvalue weighted by atomic mass is 10.2. The van der Waals surface area contributed by atoms with E-state index < -0.39 is 17.8 Å². The van der Waals surface area contributed by atoms with Crippen LogP contribution in [0.5, 0.6) is 0 Å². The van der Waals surface area contributed by atoms with E-state index in [-0.39, 0.29) is 12.2 Å². The SMILES string of the molecule is Cn1ncc(C(F)(F)F)c1CNC(=O)Nc1ccnnc1. The number of halogens is 3. The standard InChI is InChI=1S/C11H11F3N6O/c1-20-9(8(5-18-20)11(12,13)14)6-15-10(21)19-7-2-3-16-17-4-7/h2-5H,6H2,1H3,(H2,15,16,19,21). The molecule has 0 atom stereocenters. The third-order valence-electron chi connectivity index (χ3n) is 2.63. The van der Waals surface area contributed by atoms with Crippen molar-refractivity contribution in [1.82, 2.24) is 25.3 Å². The highest BCUT2D eigenvalue weighted by atomic mass is 19.4. The van der Waals surface area contributed by atoms with Crippen LogP contribution in [-0.4, -0.2) is 26.0 Å². The summed E-state index contributed by atoms with van der Waals surface area (Å²) in [5, 5.41) is 15.4. The molecule has 0 unspecified atom stereocenters. The van der Waals surface area contributed by atoms with Crippen molar-refractivity contribution in [2.75, 3.05) is 5.32 Å². The molecule has 2 aromatic rings. The first kappa shape index (κ1) is 14.8. The van der Waals surface area contributed by atoms with Crippen molar-refractivity contribution in [1.29, 1.82) is 0 Å². The molecule has 2 N–H and O–H groups in total. The van der Waals surface area contributed by atoms with E-state index in [1.165, 1.54) is 25.5 Å². The van der Waals surface area contributed by atoms with E-state index in [0.29, 0.717) is 5.69 Å². The Morgan fingerprint density at radius 1 is 1.33 bits per heavy atom. The molecule has 0 aliphatic carbocycles. The molecule has 21 heavy (non-hydrogen) atoms. The zero-order valence-electron chi connectivity index (χ0n) is 10.8. The van der Waals surface area contributed by atoms with Crippen molar-refractivity contribution in [3.63, 3.8) is 0 Å². The van der Waals surface area contributed by atoms with Gasteiger partial charge in [0, 0.05) is 7.05 Å². The summed E-state index contributed by atoms with van der Waals surface area (Å²) in [6.07, 6.45) is -1.11. The summed E-state index contributed by atoms with van der Waals surface area (Å²) in [4.78, 5) is 11.6. The lowest BCUT2D eigenvalue weighted by Crippen LogP contribution is -2.30. The van der Waals surface area contributed by atoms with E-state index in [2.05, 4.69) is 25.9 Å². The Hall–Kier alpha value is -2.65. The molecule has 0 aliphatic heterocycles. The van der Waals surface area contributed by atoms with Gasteiger partial charge in [0.2, 0.25) is 0 Å². The molecule has 2 heterocycles. The van der Waals surface area contributed by atoms with Crippen LogP contribution in [0, 0.1) is 0 Å². The Morgan fingerprint density at radius 2 is 2.10 bits per heavy atom. The summed E-state index contributed by atoms with van der Waals surface area (Å²) in [5.41, 5.74) is -0.634. The van der Waals surface area contributed by atoms with Crippen LogP contribution in [0.25, 0.3) is 0 Å². The molecule has 2 rings (SSSR count). The zero-order chi connectivity index (χ0) is 15.5. The first-order valence-corrected chi connectivity index (χ1v) is 5.77. The number of amides is 2. The number of aromatic nitrogens is 4. The van der Waals surface area contributed by atoms with E-state index in [0.717, 1.165) is 10.9 Å². The number of carbonyl (C=O) groups excluding carboxylic acids is 1. The summed E-state index contributed by atoms with van der Waals surface area (Å²) in [7, 11) is 1.37. The van der Waals surface area contributed by atoms with E-state index in [4.69, 9.17) is 0 Å². The molecule has 0 saturated heterocycles. The maximum absolute atomic E-state index is 12.7. The van der Waals surface area contributed by atoms with Crippen LogP contribution in [0.15, 0.2) is 24.7 Å². The number of urea groups is 1. The number of aryl methyl sites for hydroxylation is 1. The van der Waals surface area contributed by atoms with Crippen LogP contribution < -0.4 is 10.6 Å². The summed E-state index contributed by atoms with van der Waals surface area (Å²) >= 11 is 0. The Balaban J connectivity index is 2.00. The van der Waals surface area contributed by atoms with Gasteiger partial charge < -0.3 is 10.6 Å². The van der Waals surface area contributed by atoms with Crippen LogP contribution in [0.4, 0.5) is 23.7 Å². The van der Waals surface area contributed by atoms with E-state index in [1.807, 2.05) is 0 Å². The molecule has 0 spiro atoms. The number of carbonyl (C=O) groups is 1. The van der Waals surface area contributed by atoms with Gasteiger partial charge in [-0.3, -0.25) is 4.68 Å². The van der Waals surface area contributed by atoms with Gasteiger partial charge in [-0.05, 0) is 6.07 Å². The zero-order valence-corrected chi connectivity index (χ0v) is 10.8. The molecule has 0 fully saturated rings. The van der Waals surface area contributed by atoms with Crippen LogP contribution in [-0.2, 0) is 19.8 Å². The molecule has 0 aliphatic rings. The van der Waals surface area contributed by atoms with Gasteiger partial charge in [0.05, 0.1) is 42.1 Å². The van der Waals surface area contributed by atoms with E-state index in [1.54, 1.807) is 0 Å². The fourth-order valence-corrected chi connectivity index (χ4v) is 1.61. The summed E-state index contributed by atoms with van der Waals surface area (Å²) in [5.74, 6) is 0. The average Bonchev–Trinajstić information content (AvgIpc) is 2.79. The first-order valence-electron chi connectivity index (χ1n) is 5.77. The molecule has 112 valence electrons. The van der Waals surface area contributed by atoms with Gasteiger partial charge in [-0.1, -0.05) is 0 Å². The molecule has 0 bridgehead atoms. The van der Waals surface area contributed by atoms with Gasteiger partial charge in [0.1, 0.15) is 0 Å². The normalized spacial score (nSPS) is 11.2. The van der Waals surface area contributed by atoms with Gasteiger partial charge in [-0.15, -0.1) is 0 Å². The molecule has 10 heteroatoms. The number of nitrogens with one attached hydrogen (secondary N) is 2. The third-order valence-corrected chi connectivity index (χ3v) is 2.63. The summed E-state index contributed by atoms with van der Waals surface area (Å²) in [6.45, 7) is -0.310. The van der Waals surface area contributed by atoms with Crippen molar-refractivity contribution in [3.05, 3.63) is 35.9 Å². The fraction of sp³-hybridized carbons (Fsp3) is 0.273. The molecule has 7 nitrogen and oxygen atoms in total. The van der Waals surface area contributed by atoms with E-state index >= 15 is 0 Å². The Labute approximate surface area is 117 Å². The molecule has 0 aromatic carbocycles. The number of nitrogens with zero attached hydrogens (tertiary/aromatic N) is 4. The number of hydrogen-bond donors (Lipinski definition) is 2. The number of anilines is 1. The largest absolute Gasteiger partial charge is 0.419 e. The van der Waals surface area contributed by atoms with Crippen molar-refractivity contribution >= 4 is 11.7 Å². The van der Waals surface area contributed by atoms with Crippen molar-refractivity contribution in [2.24, 2.45) is 7.05 Å². The van der Waals surface area contributed by atoms with Crippen LogP contribution in [0.3, 0.4) is 0 Å². The van der Waals surface area contributed by atoms with Crippen LogP contribution >= 0.6 is 0 Å². The Morgan fingerprint density at radius 3 is 2.71 bits per heavy atom. The first-order chi connectivity index (χ1) is 9.88. The molecular formula is C11H11F3N6O. The quantitative estimate of drug-likeness (QED) is 0.900. The topological polar surface area (TPSA) is 84.7 Å². The van der Waals surface area contributed by atoms with Gasteiger partial charge in [-0.2, -0.15) is 28.5 Å². The second-order valence-corrected chi connectivity index (χ2v) is 4.07. The van der Waals surface area contributed by atoms with Crippen LogP contribution in [0.2, 0.25) is 0 Å². The molecule has 2 amide bonds. The Bertz CT molecular complexity index is 625. The van der Waals surface area contributed by atoms with Crippen LogP contribution in [0.1, 0.15) is 11.3 Å². The highest BCUT2D eigenvalue weighted by Crippen LogP contribution is 2.31. The highest BCUT2D eigenvalue weighted by molar-refractivity contribution is 5.88. The monoisotopic (exact) mass is 300 g/mol. The third kappa shape index (κ3) is 3.68. The highest BCUT2D eigenvalue weighted by Gasteiger charge is 2.35. The van der Waals surface area contributed by atoms with Crippen molar-refractivity contribution < 1.29 is 18.0 Å². The lowest BCUT2D eigenvalue weighted by Gasteiger charge is -2.11. The van der Waals surface area contributed by atoms with Gasteiger partial charge in [0.25, 0.3) is 0 Å². The molecule has 2 aromatic heterocycles. The second-order valence-electron chi connectivity index (χ2n) is 4.07. The van der Waals surface area contributed by atoms with Gasteiger partial charge in [-0.25, -0.2) is 4.79 Å². The Kier molecular flexibility index (Phi) is 4.05. The summed E-state index contributed by atoms with van der Waals surface area (Å²) < 4.78 is 39.3. The smallest absolute Gasteiger partial charge is 0.332 e. The predicted octanol–water partition coefficient (Wildman–Crippen LogP) is 1.55. The minimum atomic E-state index is -4.52. The number of alkyl halides is 3. The minimum absolute atomic E-state index is 0.134. The maximum Gasteiger partial charge on any atom is 0.419 e. The number of hydrogen-bond acceptors (Lipinski definition) is 4. The fourth-order valence-electron chi connectivity index (χ4n) is 1.61. The van der Waals surface area contributed by atoms with Crippen molar-refractivity contribution in [3.8, 4) is 0 Å². The van der Waals surface area contributed by atoms with E-state index in [9.17, 15) is 18.0 Å². The lowest BCUT2D eigenvalue weighted by molar-refractivity contribution is -0.138. The molecular weight excluding hydrogens is 289 g/mol. The van der Waals surface area contributed by atoms with Gasteiger partial charge in [0.15, 0.2) is 0 Å².